The number of rotatable bonds is 2. The highest BCUT2D eigenvalue weighted by molar-refractivity contribution is 6.06. The number of anilines is 3. The number of carbonyl (C=O) groups is 1. The number of carbonyl (C=O) groups excluding carboxylic acids is 1. The molecule has 2 aliphatic rings. The number of hydrogen-bond acceptors (Lipinski definition) is 7. The maximum Gasteiger partial charge on any atom is 0.229 e. The molecule has 0 saturated heterocycles. The Kier molecular flexibility index (Phi) is 2.97. The minimum atomic E-state index is -0.705. The lowest BCUT2D eigenvalue weighted by Crippen LogP contribution is -2.18. The van der Waals surface area contributed by atoms with E-state index in [1.165, 1.54) is 12.1 Å². The molecule has 0 aliphatic carbocycles. The van der Waals surface area contributed by atoms with Crippen molar-refractivity contribution in [1.82, 2.24) is 0 Å². The fraction of sp³-hybridized carbons (Fsp3) is 0.0625. The molecule has 23 heavy (non-hydrogen) atoms. The van der Waals surface area contributed by atoms with E-state index in [1.54, 1.807) is 6.07 Å². The molecule has 2 heterocycles. The highest BCUT2D eigenvalue weighted by Crippen LogP contribution is 2.40. The first-order valence-corrected chi connectivity index (χ1v) is 6.98. The van der Waals surface area contributed by atoms with E-state index in [0.717, 1.165) is 5.56 Å². The number of nitrogens with zero attached hydrogens (tertiary/aromatic N) is 1. The van der Waals surface area contributed by atoms with E-state index in [-0.39, 0.29) is 16.7 Å². The summed E-state index contributed by atoms with van der Waals surface area (Å²) >= 11 is 0. The first kappa shape index (κ1) is 13.6. The van der Waals surface area contributed by atoms with Crippen LogP contribution in [0.25, 0.3) is 0 Å². The molecule has 0 fully saturated rings. The van der Waals surface area contributed by atoms with Crippen molar-refractivity contribution in [2.75, 3.05) is 15.9 Å². The van der Waals surface area contributed by atoms with Crippen LogP contribution in [0.15, 0.2) is 60.1 Å². The van der Waals surface area contributed by atoms with Crippen molar-refractivity contribution in [2.24, 2.45) is 0 Å². The molecule has 1 unspecified atom stereocenters. The molecule has 7 heteroatoms. The molecule has 3 N–H and O–H groups in total. The Morgan fingerprint density at radius 1 is 1.09 bits per heavy atom. The lowest BCUT2D eigenvalue weighted by molar-refractivity contribution is -0.121. The molecule has 0 aromatic heterocycles. The van der Waals surface area contributed by atoms with E-state index in [4.69, 9.17) is 9.94 Å². The van der Waals surface area contributed by atoms with Crippen molar-refractivity contribution in [3.63, 3.8) is 0 Å². The zero-order chi connectivity index (χ0) is 16.0. The molecule has 7 nitrogen and oxygen atoms in total. The Bertz CT molecular complexity index is 817. The van der Waals surface area contributed by atoms with E-state index < -0.39 is 6.10 Å². The minimum Gasteiger partial charge on any atom is -0.733 e. The van der Waals surface area contributed by atoms with Crippen LogP contribution in [0.1, 0.15) is 11.7 Å². The van der Waals surface area contributed by atoms with E-state index in [1.807, 2.05) is 30.3 Å². The maximum absolute atomic E-state index is 12.5. The zero-order valence-corrected chi connectivity index (χ0v) is 11.8. The molecular weight excluding hydrogens is 298 g/mol. The van der Waals surface area contributed by atoms with Crippen LogP contribution in [0.3, 0.4) is 0 Å². The summed E-state index contributed by atoms with van der Waals surface area (Å²) in [5.74, 6) is 0.143. The molecule has 2 aliphatic heterocycles. The summed E-state index contributed by atoms with van der Waals surface area (Å²) in [4.78, 5) is 12.5. The van der Waals surface area contributed by atoms with Gasteiger partial charge in [-0.25, -0.2) is 0 Å². The smallest absolute Gasteiger partial charge is 0.229 e. The number of Topliss-reactive ketones (excluding diaryl/α,β-unsaturated/α-hetero) is 1. The number of ether oxygens (including phenoxy) is 1. The molecule has 2 aromatic rings. The van der Waals surface area contributed by atoms with E-state index in [9.17, 15) is 10.0 Å². The summed E-state index contributed by atoms with van der Waals surface area (Å²) in [6, 6.07) is 13.7. The van der Waals surface area contributed by atoms with Gasteiger partial charge < -0.3 is 25.8 Å². The van der Waals surface area contributed by atoms with Gasteiger partial charge in [0.2, 0.25) is 11.7 Å². The van der Waals surface area contributed by atoms with Crippen LogP contribution < -0.4 is 15.9 Å². The summed E-state index contributed by atoms with van der Waals surface area (Å²) in [5, 5.41) is 25.7. The number of hydrogen-bond donors (Lipinski definition) is 3. The topological polar surface area (TPSA) is 96.9 Å². The van der Waals surface area contributed by atoms with Crippen molar-refractivity contribution in [3.8, 4) is 0 Å². The van der Waals surface area contributed by atoms with Crippen LogP contribution in [0.4, 0.5) is 17.1 Å². The Morgan fingerprint density at radius 2 is 1.87 bits per heavy atom. The SMILES string of the molecule is O=C1C2=C(Nc3cc(N([O-])O)ccc3N2)OC1c1ccccc1. The van der Waals surface area contributed by atoms with Crippen LogP contribution in [-0.2, 0) is 9.53 Å². The first-order valence-electron chi connectivity index (χ1n) is 6.98. The van der Waals surface area contributed by atoms with Crippen LogP contribution in [0, 0.1) is 5.21 Å². The summed E-state index contributed by atoms with van der Waals surface area (Å²) in [6.07, 6.45) is -0.705. The van der Waals surface area contributed by atoms with Crippen molar-refractivity contribution < 1.29 is 14.7 Å². The number of fused-ring (bicyclic) bond motifs is 1. The summed E-state index contributed by atoms with van der Waals surface area (Å²) in [6.45, 7) is 0. The highest BCUT2D eigenvalue weighted by atomic mass is 16.8. The second kappa shape index (κ2) is 5.01. The van der Waals surface area contributed by atoms with Gasteiger partial charge in [0.15, 0.2) is 6.10 Å². The van der Waals surface area contributed by atoms with Gasteiger partial charge in [0.25, 0.3) is 0 Å². The van der Waals surface area contributed by atoms with Crippen LogP contribution >= 0.6 is 0 Å². The average Bonchev–Trinajstić information content (AvgIpc) is 2.89. The van der Waals surface area contributed by atoms with Gasteiger partial charge >= 0.3 is 0 Å². The predicted molar refractivity (Wildman–Crippen MR) is 83.6 cm³/mol. The summed E-state index contributed by atoms with van der Waals surface area (Å²) in [7, 11) is 0. The van der Waals surface area contributed by atoms with Gasteiger partial charge in [0.1, 0.15) is 5.70 Å². The van der Waals surface area contributed by atoms with Crippen LogP contribution in [0.2, 0.25) is 0 Å². The lowest BCUT2D eigenvalue weighted by atomic mass is 10.0. The van der Waals surface area contributed by atoms with E-state index in [2.05, 4.69) is 10.6 Å². The van der Waals surface area contributed by atoms with Gasteiger partial charge in [0, 0.05) is 5.56 Å². The quantitative estimate of drug-likeness (QED) is 0.734. The second-order valence-electron chi connectivity index (χ2n) is 5.23. The third-order valence-electron chi connectivity index (χ3n) is 3.78. The van der Waals surface area contributed by atoms with Gasteiger partial charge in [-0.15, -0.1) is 0 Å². The Balaban J connectivity index is 1.64. The Labute approximate surface area is 131 Å². The van der Waals surface area contributed by atoms with Crippen molar-refractivity contribution in [1.29, 1.82) is 0 Å². The molecular formula is C16H12N3O4-. The molecule has 0 saturated carbocycles. The molecule has 2 aromatic carbocycles. The van der Waals surface area contributed by atoms with Gasteiger partial charge in [-0.3, -0.25) is 10.0 Å². The first-order chi connectivity index (χ1) is 11.1. The van der Waals surface area contributed by atoms with Gasteiger partial charge in [-0.1, -0.05) is 30.3 Å². The monoisotopic (exact) mass is 310 g/mol. The van der Waals surface area contributed by atoms with E-state index >= 15 is 0 Å². The van der Waals surface area contributed by atoms with Crippen molar-refractivity contribution in [2.45, 2.75) is 6.10 Å². The summed E-state index contributed by atoms with van der Waals surface area (Å²) in [5.41, 5.74) is 2.35. The fourth-order valence-corrected chi connectivity index (χ4v) is 2.65. The Hall–Kier alpha value is -3.03. The van der Waals surface area contributed by atoms with Crippen molar-refractivity contribution in [3.05, 3.63) is 70.9 Å². The second-order valence-corrected chi connectivity index (χ2v) is 5.23. The van der Waals surface area contributed by atoms with Gasteiger partial charge in [-0.2, -0.15) is 0 Å². The van der Waals surface area contributed by atoms with E-state index in [0.29, 0.717) is 23.0 Å². The number of ketones is 1. The predicted octanol–water partition coefficient (Wildman–Crippen LogP) is 2.73. The molecule has 116 valence electrons. The van der Waals surface area contributed by atoms with Gasteiger partial charge in [0.05, 0.1) is 17.1 Å². The van der Waals surface area contributed by atoms with Crippen molar-refractivity contribution >= 4 is 22.8 Å². The molecule has 1 atom stereocenters. The Morgan fingerprint density at radius 3 is 2.61 bits per heavy atom. The minimum absolute atomic E-state index is 0.0750. The lowest BCUT2D eigenvalue weighted by Gasteiger charge is -2.25. The largest absolute Gasteiger partial charge is 0.733 e. The summed E-state index contributed by atoms with van der Waals surface area (Å²) < 4.78 is 5.72. The zero-order valence-electron chi connectivity index (χ0n) is 11.8. The maximum atomic E-state index is 12.5. The molecule has 0 bridgehead atoms. The molecule has 0 amide bonds. The third-order valence-corrected chi connectivity index (χ3v) is 3.78. The molecule has 0 spiro atoms. The normalized spacial score (nSPS) is 18.5. The number of nitrogens with one attached hydrogen (secondary N) is 2. The van der Waals surface area contributed by atoms with Crippen LogP contribution in [0.5, 0.6) is 0 Å². The van der Waals surface area contributed by atoms with Crippen LogP contribution in [-0.4, -0.2) is 11.0 Å². The third kappa shape index (κ3) is 2.19. The molecule has 0 radical (unpaired) electrons. The highest BCUT2D eigenvalue weighted by Gasteiger charge is 2.39. The van der Waals surface area contributed by atoms with Gasteiger partial charge in [-0.05, 0) is 18.2 Å². The standard InChI is InChI=1S/C16H12N3O4/c20-14-13-16(23-15(14)9-4-2-1-3-5-9)18-12-8-10(19(21)22)6-7-11(12)17-13/h1-8,15,17-18,21H/q-1. The fourth-order valence-electron chi connectivity index (χ4n) is 2.65. The number of benzene rings is 2. The average molecular weight is 310 g/mol. The molecule has 4 rings (SSSR count).